The van der Waals surface area contributed by atoms with Gasteiger partial charge in [0.2, 0.25) is 0 Å². The molecule has 0 amide bonds. The highest BCUT2D eigenvalue weighted by atomic mass is 79.9. The Morgan fingerprint density at radius 2 is 2.07 bits per heavy atom. The van der Waals surface area contributed by atoms with E-state index in [0.29, 0.717) is 5.41 Å². The summed E-state index contributed by atoms with van der Waals surface area (Å²) in [5, 5.41) is 3.49. The summed E-state index contributed by atoms with van der Waals surface area (Å²) < 4.78 is 1.24. The van der Waals surface area contributed by atoms with E-state index in [1.54, 1.807) is 0 Å². The predicted molar refractivity (Wildman–Crippen MR) is 72.5 cm³/mol. The van der Waals surface area contributed by atoms with Crippen LogP contribution in [0.15, 0.2) is 10.5 Å². The van der Waals surface area contributed by atoms with Crippen LogP contribution in [0.3, 0.4) is 0 Å². The van der Waals surface area contributed by atoms with Gasteiger partial charge < -0.3 is 5.32 Å². The van der Waals surface area contributed by atoms with Crippen LogP contribution in [0.2, 0.25) is 0 Å². The fourth-order valence-electron chi connectivity index (χ4n) is 1.28. The van der Waals surface area contributed by atoms with Gasteiger partial charge in [0.25, 0.3) is 0 Å². The van der Waals surface area contributed by atoms with Gasteiger partial charge in [-0.25, -0.2) is 0 Å². The zero-order valence-electron chi connectivity index (χ0n) is 9.98. The molecule has 0 aromatic carbocycles. The van der Waals surface area contributed by atoms with Crippen molar-refractivity contribution in [3.8, 4) is 0 Å². The summed E-state index contributed by atoms with van der Waals surface area (Å²) in [5.74, 6) is 0. The second kappa shape index (κ2) is 5.46. The van der Waals surface area contributed by atoms with Gasteiger partial charge in [0, 0.05) is 20.8 Å². The smallest absolute Gasteiger partial charge is 0.0314 e. The molecule has 0 fully saturated rings. The maximum absolute atomic E-state index is 3.54. The lowest BCUT2D eigenvalue weighted by atomic mass is 9.92. The Morgan fingerprint density at radius 1 is 1.40 bits per heavy atom. The van der Waals surface area contributed by atoms with Crippen molar-refractivity contribution >= 4 is 27.3 Å². The van der Waals surface area contributed by atoms with Gasteiger partial charge in [0.05, 0.1) is 0 Å². The summed E-state index contributed by atoms with van der Waals surface area (Å²) in [6.45, 7) is 11.1. The molecule has 1 nitrogen and oxygen atoms in total. The van der Waals surface area contributed by atoms with Crippen LogP contribution in [-0.2, 0) is 6.54 Å². The molecule has 0 atom stereocenters. The van der Waals surface area contributed by atoms with Crippen molar-refractivity contribution in [2.24, 2.45) is 5.41 Å². The number of hydrogen-bond acceptors (Lipinski definition) is 2. The summed E-state index contributed by atoms with van der Waals surface area (Å²) in [5.41, 5.74) is 0.430. The minimum atomic E-state index is 0.430. The zero-order valence-corrected chi connectivity index (χ0v) is 12.4. The average molecular weight is 290 g/mol. The molecular formula is C12H20BrNS. The van der Waals surface area contributed by atoms with E-state index in [0.717, 1.165) is 13.1 Å². The van der Waals surface area contributed by atoms with Crippen LogP contribution in [0, 0.1) is 12.3 Å². The maximum Gasteiger partial charge on any atom is 0.0314 e. The summed E-state index contributed by atoms with van der Waals surface area (Å²) >= 11 is 5.40. The lowest BCUT2D eigenvalue weighted by Gasteiger charge is -2.17. The van der Waals surface area contributed by atoms with Crippen LogP contribution < -0.4 is 5.32 Å². The Bertz CT molecular complexity index is 292. The summed E-state index contributed by atoms with van der Waals surface area (Å²) in [6, 6.07) is 2.21. The van der Waals surface area contributed by atoms with Crippen molar-refractivity contribution in [3.63, 3.8) is 0 Å². The van der Waals surface area contributed by atoms with Crippen molar-refractivity contribution in [2.45, 2.75) is 40.7 Å². The van der Waals surface area contributed by atoms with E-state index < -0.39 is 0 Å². The molecule has 0 bridgehead atoms. The fraction of sp³-hybridized carbons (Fsp3) is 0.667. The first-order valence-corrected chi connectivity index (χ1v) is 6.95. The van der Waals surface area contributed by atoms with Gasteiger partial charge in [-0.1, -0.05) is 20.8 Å². The molecule has 1 rings (SSSR count). The van der Waals surface area contributed by atoms with Gasteiger partial charge in [-0.3, -0.25) is 0 Å². The molecule has 0 radical (unpaired) electrons. The van der Waals surface area contributed by atoms with Crippen molar-refractivity contribution < 1.29 is 0 Å². The number of aryl methyl sites for hydroxylation is 1. The van der Waals surface area contributed by atoms with Crippen molar-refractivity contribution in [1.29, 1.82) is 0 Å². The Hall–Kier alpha value is 0.140. The third-order valence-corrected chi connectivity index (χ3v) is 4.40. The number of halogens is 1. The van der Waals surface area contributed by atoms with Crippen LogP contribution in [0.25, 0.3) is 0 Å². The number of rotatable bonds is 4. The van der Waals surface area contributed by atoms with E-state index in [1.165, 1.54) is 20.6 Å². The number of thiophene rings is 1. The van der Waals surface area contributed by atoms with Crippen LogP contribution in [0.1, 0.15) is 36.9 Å². The fourth-order valence-corrected chi connectivity index (χ4v) is 2.85. The van der Waals surface area contributed by atoms with Crippen LogP contribution in [0.5, 0.6) is 0 Å². The third-order valence-electron chi connectivity index (χ3n) is 2.26. The summed E-state index contributed by atoms with van der Waals surface area (Å²) in [7, 11) is 0. The highest BCUT2D eigenvalue weighted by molar-refractivity contribution is 9.10. The topological polar surface area (TPSA) is 12.0 Å². The highest BCUT2D eigenvalue weighted by Gasteiger charge is 2.09. The van der Waals surface area contributed by atoms with E-state index in [9.17, 15) is 0 Å². The molecule has 0 aliphatic carbocycles. The molecule has 0 saturated carbocycles. The molecule has 1 aromatic heterocycles. The first-order valence-electron chi connectivity index (χ1n) is 5.34. The first-order chi connectivity index (χ1) is 6.88. The zero-order chi connectivity index (χ0) is 11.5. The molecule has 0 aliphatic rings. The van der Waals surface area contributed by atoms with Gasteiger partial charge in [-0.05, 0) is 47.3 Å². The molecule has 0 unspecified atom stereocenters. The third kappa shape index (κ3) is 5.14. The largest absolute Gasteiger partial charge is 0.312 e. The molecule has 86 valence electrons. The Kier molecular flexibility index (Phi) is 4.81. The summed E-state index contributed by atoms with van der Waals surface area (Å²) in [4.78, 5) is 2.77. The normalized spacial score (nSPS) is 12.1. The second-order valence-corrected chi connectivity index (χ2v) is 7.30. The molecule has 0 spiro atoms. The standard InChI is InChI=1S/C12H20BrNS/c1-9-11(13)7-10(15-9)8-14-6-5-12(2,3)4/h7,14H,5-6,8H2,1-4H3. The van der Waals surface area contributed by atoms with Gasteiger partial charge in [-0.15, -0.1) is 11.3 Å². The molecule has 1 heterocycles. The SMILES string of the molecule is Cc1sc(CNCCC(C)(C)C)cc1Br. The predicted octanol–water partition coefficient (Wildman–Crippen LogP) is 4.34. The monoisotopic (exact) mass is 289 g/mol. The van der Waals surface area contributed by atoms with Gasteiger partial charge >= 0.3 is 0 Å². The van der Waals surface area contributed by atoms with Crippen LogP contribution >= 0.6 is 27.3 Å². The quantitative estimate of drug-likeness (QED) is 0.813. The van der Waals surface area contributed by atoms with Crippen LogP contribution in [-0.4, -0.2) is 6.54 Å². The Morgan fingerprint density at radius 3 is 2.53 bits per heavy atom. The highest BCUT2D eigenvalue weighted by Crippen LogP contribution is 2.26. The van der Waals surface area contributed by atoms with E-state index in [4.69, 9.17) is 0 Å². The second-order valence-electron chi connectivity index (χ2n) is 5.10. The van der Waals surface area contributed by atoms with E-state index in [-0.39, 0.29) is 0 Å². The molecule has 3 heteroatoms. The van der Waals surface area contributed by atoms with Gasteiger partial charge in [-0.2, -0.15) is 0 Å². The van der Waals surface area contributed by atoms with E-state index in [2.05, 4.69) is 55.0 Å². The van der Waals surface area contributed by atoms with Gasteiger partial charge in [0.1, 0.15) is 0 Å². The molecular weight excluding hydrogens is 270 g/mol. The Labute approximate surface area is 105 Å². The molecule has 1 N–H and O–H groups in total. The average Bonchev–Trinajstić information content (AvgIpc) is 2.39. The van der Waals surface area contributed by atoms with Gasteiger partial charge in [0.15, 0.2) is 0 Å². The van der Waals surface area contributed by atoms with E-state index >= 15 is 0 Å². The van der Waals surface area contributed by atoms with Crippen LogP contribution in [0.4, 0.5) is 0 Å². The lowest BCUT2D eigenvalue weighted by Crippen LogP contribution is -2.19. The molecule has 1 aromatic rings. The Balaban J connectivity index is 2.26. The minimum absolute atomic E-state index is 0.430. The lowest BCUT2D eigenvalue weighted by molar-refractivity contribution is 0.367. The van der Waals surface area contributed by atoms with Crippen molar-refractivity contribution in [2.75, 3.05) is 6.54 Å². The minimum Gasteiger partial charge on any atom is -0.312 e. The van der Waals surface area contributed by atoms with E-state index in [1.807, 2.05) is 11.3 Å². The number of nitrogens with one attached hydrogen (secondary N) is 1. The maximum atomic E-state index is 3.54. The summed E-state index contributed by atoms with van der Waals surface area (Å²) in [6.07, 6.45) is 1.22. The van der Waals surface area contributed by atoms with Crippen molar-refractivity contribution in [1.82, 2.24) is 5.32 Å². The molecule has 15 heavy (non-hydrogen) atoms. The number of hydrogen-bond donors (Lipinski definition) is 1. The molecule has 0 saturated heterocycles. The molecule has 0 aliphatic heterocycles. The van der Waals surface area contributed by atoms with Crippen molar-refractivity contribution in [3.05, 3.63) is 20.3 Å². The first kappa shape index (κ1) is 13.2.